The van der Waals surface area contributed by atoms with Crippen molar-refractivity contribution in [3.63, 3.8) is 0 Å². The predicted octanol–water partition coefficient (Wildman–Crippen LogP) is 3.45. The lowest BCUT2D eigenvalue weighted by molar-refractivity contribution is 0.332. The van der Waals surface area contributed by atoms with Gasteiger partial charge in [-0.05, 0) is 38.6 Å². The van der Waals surface area contributed by atoms with Crippen LogP contribution >= 0.6 is 0 Å². The summed E-state index contributed by atoms with van der Waals surface area (Å²) in [6.07, 6.45) is 5.40. The summed E-state index contributed by atoms with van der Waals surface area (Å²) >= 11 is 0. The maximum absolute atomic E-state index is 3.31. The van der Waals surface area contributed by atoms with Crippen LogP contribution in [0.2, 0.25) is 0 Å². The molecule has 80 valence electrons. The summed E-state index contributed by atoms with van der Waals surface area (Å²) in [5.74, 6) is 1.81. The molecule has 0 radical (unpaired) electrons. The lowest BCUT2D eigenvalue weighted by Gasteiger charge is -2.21. The van der Waals surface area contributed by atoms with E-state index in [4.69, 9.17) is 0 Å². The van der Waals surface area contributed by atoms with Crippen LogP contribution in [0.4, 0.5) is 0 Å². The van der Waals surface area contributed by atoms with Gasteiger partial charge in [-0.2, -0.15) is 0 Å². The number of hydrogen-bond donors (Lipinski definition) is 1. The van der Waals surface area contributed by atoms with Crippen LogP contribution in [0.25, 0.3) is 0 Å². The minimum absolute atomic E-state index is 0.671. The first kappa shape index (κ1) is 13.0. The highest BCUT2D eigenvalue weighted by atomic mass is 14.8. The van der Waals surface area contributed by atoms with Gasteiger partial charge < -0.3 is 5.32 Å². The van der Waals surface area contributed by atoms with Gasteiger partial charge in [-0.25, -0.2) is 0 Å². The van der Waals surface area contributed by atoms with Crippen molar-refractivity contribution in [2.24, 2.45) is 11.8 Å². The molecule has 0 aliphatic rings. The Morgan fingerprint density at radius 3 is 1.92 bits per heavy atom. The molecule has 0 aliphatic heterocycles. The second-order valence-electron chi connectivity index (χ2n) is 4.45. The third-order valence-electron chi connectivity index (χ3n) is 3.14. The zero-order chi connectivity index (χ0) is 10.3. The van der Waals surface area contributed by atoms with Crippen molar-refractivity contribution >= 4 is 0 Å². The molecule has 1 heteroatoms. The van der Waals surface area contributed by atoms with Crippen LogP contribution in [-0.4, -0.2) is 13.1 Å². The van der Waals surface area contributed by atoms with E-state index < -0.39 is 0 Å². The molecule has 0 aromatic rings. The van der Waals surface area contributed by atoms with Gasteiger partial charge in [-0.3, -0.25) is 0 Å². The van der Waals surface area contributed by atoms with E-state index in [0.717, 1.165) is 11.8 Å². The first-order chi connectivity index (χ1) is 6.13. The predicted molar refractivity (Wildman–Crippen MR) is 61.0 cm³/mol. The number of rotatable bonds is 7. The molecule has 2 atom stereocenters. The molecule has 0 saturated heterocycles. The summed E-state index contributed by atoms with van der Waals surface area (Å²) in [6.45, 7) is 9.26. The first-order valence-corrected chi connectivity index (χ1v) is 5.81. The van der Waals surface area contributed by atoms with Gasteiger partial charge in [-0.1, -0.05) is 33.6 Å². The van der Waals surface area contributed by atoms with Crippen molar-refractivity contribution in [1.82, 2.24) is 5.32 Å². The standard InChI is InChI=1S/C12H27N/c1-6-12(7-2)9-10(3)8-11(4)13-5/h10-13H,6-9H2,1-5H3. The summed E-state index contributed by atoms with van der Waals surface area (Å²) in [6, 6.07) is 0.671. The van der Waals surface area contributed by atoms with Gasteiger partial charge in [0.05, 0.1) is 0 Å². The van der Waals surface area contributed by atoms with Crippen LogP contribution < -0.4 is 5.32 Å². The fraction of sp³-hybridized carbons (Fsp3) is 1.00. The topological polar surface area (TPSA) is 12.0 Å². The van der Waals surface area contributed by atoms with Crippen LogP contribution in [0.15, 0.2) is 0 Å². The molecule has 0 spiro atoms. The highest BCUT2D eigenvalue weighted by molar-refractivity contribution is 4.66. The third-order valence-corrected chi connectivity index (χ3v) is 3.14. The first-order valence-electron chi connectivity index (χ1n) is 5.81. The number of nitrogens with one attached hydrogen (secondary N) is 1. The maximum Gasteiger partial charge on any atom is 0.00382 e. The fourth-order valence-corrected chi connectivity index (χ4v) is 2.01. The minimum atomic E-state index is 0.671. The summed E-state index contributed by atoms with van der Waals surface area (Å²) in [5.41, 5.74) is 0. The second-order valence-corrected chi connectivity index (χ2v) is 4.45. The molecule has 0 aromatic heterocycles. The molecule has 13 heavy (non-hydrogen) atoms. The average molecular weight is 185 g/mol. The Morgan fingerprint density at radius 2 is 1.54 bits per heavy atom. The van der Waals surface area contributed by atoms with E-state index in [0.29, 0.717) is 6.04 Å². The van der Waals surface area contributed by atoms with E-state index in [2.05, 4.69) is 40.1 Å². The van der Waals surface area contributed by atoms with E-state index in [1.54, 1.807) is 0 Å². The van der Waals surface area contributed by atoms with Crippen molar-refractivity contribution < 1.29 is 0 Å². The quantitative estimate of drug-likeness (QED) is 0.640. The molecule has 1 N–H and O–H groups in total. The molecule has 0 aromatic carbocycles. The highest BCUT2D eigenvalue weighted by Gasteiger charge is 2.11. The molecule has 2 unspecified atom stereocenters. The van der Waals surface area contributed by atoms with Crippen LogP contribution in [-0.2, 0) is 0 Å². The Balaban J connectivity index is 3.65. The maximum atomic E-state index is 3.31. The van der Waals surface area contributed by atoms with E-state index in [1.807, 2.05) is 0 Å². The van der Waals surface area contributed by atoms with E-state index in [1.165, 1.54) is 25.7 Å². The average Bonchev–Trinajstić information content (AvgIpc) is 2.13. The van der Waals surface area contributed by atoms with Crippen LogP contribution in [0, 0.1) is 11.8 Å². The summed E-state index contributed by atoms with van der Waals surface area (Å²) < 4.78 is 0. The van der Waals surface area contributed by atoms with E-state index in [-0.39, 0.29) is 0 Å². The van der Waals surface area contributed by atoms with Gasteiger partial charge in [0.2, 0.25) is 0 Å². The largest absolute Gasteiger partial charge is 0.317 e. The Hall–Kier alpha value is -0.0400. The molecule has 0 heterocycles. The monoisotopic (exact) mass is 185 g/mol. The molecule has 1 nitrogen and oxygen atoms in total. The summed E-state index contributed by atoms with van der Waals surface area (Å²) in [5, 5.41) is 3.31. The molecule has 0 bridgehead atoms. The van der Waals surface area contributed by atoms with Gasteiger partial charge in [0.15, 0.2) is 0 Å². The molecular formula is C12H27N. The molecule has 0 amide bonds. The lowest BCUT2D eigenvalue weighted by atomic mass is 9.88. The van der Waals surface area contributed by atoms with Gasteiger partial charge in [-0.15, -0.1) is 0 Å². The zero-order valence-electron chi connectivity index (χ0n) is 10.1. The number of hydrogen-bond acceptors (Lipinski definition) is 1. The highest BCUT2D eigenvalue weighted by Crippen LogP contribution is 2.21. The molecular weight excluding hydrogens is 158 g/mol. The Bertz CT molecular complexity index is 108. The van der Waals surface area contributed by atoms with Crippen molar-refractivity contribution in [2.75, 3.05) is 7.05 Å². The SMILES string of the molecule is CCC(CC)CC(C)CC(C)NC. The fourth-order valence-electron chi connectivity index (χ4n) is 2.01. The Kier molecular flexibility index (Phi) is 7.35. The molecule has 0 fully saturated rings. The second kappa shape index (κ2) is 7.37. The molecule has 0 saturated carbocycles. The smallest absolute Gasteiger partial charge is 0.00382 e. The van der Waals surface area contributed by atoms with E-state index >= 15 is 0 Å². The Morgan fingerprint density at radius 1 is 1.00 bits per heavy atom. The zero-order valence-corrected chi connectivity index (χ0v) is 10.1. The van der Waals surface area contributed by atoms with E-state index in [9.17, 15) is 0 Å². The van der Waals surface area contributed by atoms with Crippen molar-refractivity contribution in [2.45, 2.75) is 59.4 Å². The van der Waals surface area contributed by atoms with Crippen molar-refractivity contribution in [1.29, 1.82) is 0 Å². The summed E-state index contributed by atoms with van der Waals surface area (Å²) in [7, 11) is 2.05. The van der Waals surface area contributed by atoms with Crippen molar-refractivity contribution in [3.05, 3.63) is 0 Å². The summed E-state index contributed by atoms with van der Waals surface area (Å²) in [4.78, 5) is 0. The Labute approximate surface area is 84.3 Å². The third kappa shape index (κ3) is 6.09. The normalized spacial score (nSPS) is 16.2. The van der Waals surface area contributed by atoms with Gasteiger partial charge in [0.1, 0.15) is 0 Å². The van der Waals surface area contributed by atoms with Crippen molar-refractivity contribution in [3.8, 4) is 0 Å². The van der Waals surface area contributed by atoms with Crippen LogP contribution in [0.1, 0.15) is 53.4 Å². The van der Waals surface area contributed by atoms with Crippen LogP contribution in [0.3, 0.4) is 0 Å². The minimum Gasteiger partial charge on any atom is -0.317 e. The molecule has 0 aliphatic carbocycles. The van der Waals surface area contributed by atoms with Gasteiger partial charge in [0.25, 0.3) is 0 Å². The lowest BCUT2D eigenvalue weighted by Crippen LogP contribution is -2.24. The molecule has 0 rings (SSSR count). The van der Waals surface area contributed by atoms with Gasteiger partial charge in [0, 0.05) is 6.04 Å². The van der Waals surface area contributed by atoms with Gasteiger partial charge >= 0.3 is 0 Å². The van der Waals surface area contributed by atoms with Crippen LogP contribution in [0.5, 0.6) is 0 Å².